The minimum Gasteiger partial charge on any atom is -0.481 e. The molecule has 2 heterocycles. The van der Waals surface area contributed by atoms with Crippen molar-refractivity contribution in [2.75, 3.05) is 5.73 Å². The highest BCUT2D eigenvalue weighted by Gasteiger charge is 2.51. The van der Waals surface area contributed by atoms with E-state index in [-0.39, 0.29) is 0 Å². The van der Waals surface area contributed by atoms with Crippen LogP contribution in [0.1, 0.15) is 18.4 Å². The fourth-order valence-corrected chi connectivity index (χ4v) is 4.78. The van der Waals surface area contributed by atoms with E-state index in [1.165, 1.54) is 0 Å². The molecule has 28 heavy (non-hydrogen) atoms. The molecule has 4 aromatic rings. The lowest BCUT2D eigenvalue weighted by Gasteiger charge is -2.11. The maximum atomic E-state index is 11.5. The van der Waals surface area contributed by atoms with Crippen LogP contribution in [-0.4, -0.2) is 16.1 Å². The summed E-state index contributed by atoms with van der Waals surface area (Å²) < 4.78 is 0. The Morgan fingerprint density at radius 3 is 2.14 bits per heavy atom. The van der Waals surface area contributed by atoms with Gasteiger partial charge in [-0.2, -0.15) is 0 Å². The first-order chi connectivity index (χ1) is 13.6. The Bertz CT molecular complexity index is 1190. The molecule has 2 aromatic heterocycles. The van der Waals surface area contributed by atoms with Crippen molar-refractivity contribution in [2.45, 2.75) is 18.3 Å². The van der Waals surface area contributed by atoms with Crippen LogP contribution >= 0.6 is 11.3 Å². The van der Waals surface area contributed by atoms with Gasteiger partial charge in [-0.1, -0.05) is 48.5 Å². The van der Waals surface area contributed by atoms with E-state index in [1.807, 2.05) is 36.4 Å². The average Bonchev–Trinajstić information content (AvgIpc) is 3.48. The first-order valence-corrected chi connectivity index (χ1v) is 9.98. The predicted molar refractivity (Wildman–Crippen MR) is 113 cm³/mol. The van der Waals surface area contributed by atoms with Crippen molar-refractivity contribution >= 4 is 33.2 Å². The summed E-state index contributed by atoms with van der Waals surface area (Å²) >= 11 is 1.60. The molecule has 0 radical (unpaired) electrons. The Morgan fingerprint density at radius 2 is 1.57 bits per heavy atom. The summed E-state index contributed by atoms with van der Waals surface area (Å²) in [7, 11) is 0. The van der Waals surface area contributed by atoms with E-state index in [1.54, 1.807) is 17.5 Å². The number of hydrogen-bond acceptors (Lipinski definition) is 4. The van der Waals surface area contributed by atoms with Gasteiger partial charge in [0, 0.05) is 11.6 Å². The average molecular weight is 386 g/mol. The highest BCUT2D eigenvalue weighted by atomic mass is 32.1. The smallest absolute Gasteiger partial charge is 0.314 e. The van der Waals surface area contributed by atoms with E-state index in [0.29, 0.717) is 0 Å². The van der Waals surface area contributed by atoms with Crippen LogP contribution in [0, 0.1) is 0 Å². The van der Waals surface area contributed by atoms with Gasteiger partial charge in [-0.15, -0.1) is 11.3 Å². The number of anilines is 1. The van der Waals surface area contributed by atoms with Crippen LogP contribution < -0.4 is 5.73 Å². The van der Waals surface area contributed by atoms with E-state index in [0.717, 1.165) is 55.9 Å². The largest absolute Gasteiger partial charge is 0.481 e. The molecule has 0 atom stereocenters. The molecule has 0 saturated heterocycles. The number of hydrogen-bond donors (Lipinski definition) is 2. The first kappa shape index (κ1) is 17.0. The molecule has 1 saturated carbocycles. The number of aromatic nitrogens is 1. The van der Waals surface area contributed by atoms with Gasteiger partial charge >= 0.3 is 5.97 Å². The number of pyridine rings is 1. The fourth-order valence-electron chi connectivity index (χ4n) is 3.71. The standard InChI is InChI=1S/C23H18N2O2S/c24-19-18-2-1-13-25-21(18)28-20(19)16-5-3-14(4-6-16)15-7-9-17(10-8-15)23(11-12-23)22(26)27/h1-10,13H,11-12,24H2,(H,26,27). The summed E-state index contributed by atoms with van der Waals surface area (Å²) in [6.45, 7) is 0. The quantitative estimate of drug-likeness (QED) is 0.497. The minimum atomic E-state index is -0.722. The summed E-state index contributed by atoms with van der Waals surface area (Å²) in [5.41, 5.74) is 10.6. The highest BCUT2D eigenvalue weighted by Crippen LogP contribution is 2.48. The van der Waals surface area contributed by atoms with Crippen LogP contribution in [0.25, 0.3) is 31.8 Å². The maximum absolute atomic E-state index is 11.5. The summed E-state index contributed by atoms with van der Waals surface area (Å²) in [6, 6.07) is 20.1. The fraction of sp³-hybridized carbons (Fsp3) is 0.130. The molecule has 1 aliphatic carbocycles. The molecule has 1 fully saturated rings. The van der Waals surface area contributed by atoms with Crippen molar-refractivity contribution in [1.82, 2.24) is 4.98 Å². The van der Waals surface area contributed by atoms with Crippen molar-refractivity contribution in [3.8, 4) is 21.6 Å². The molecule has 4 nitrogen and oxygen atoms in total. The molecule has 0 aliphatic heterocycles. The second-order valence-electron chi connectivity index (χ2n) is 7.24. The number of rotatable bonds is 4. The van der Waals surface area contributed by atoms with E-state index in [4.69, 9.17) is 5.73 Å². The van der Waals surface area contributed by atoms with E-state index >= 15 is 0 Å². The summed E-state index contributed by atoms with van der Waals surface area (Å²) in [4.78, 5) is 17.9. The zero-order valence-electron chi connectivity index (χ0n) is 15.1. The van der Waals surface area contributed by atoms with Gasteiger partial charge in [-0.25, -0.2) is 4.98 Å². The van der Waals surface area contributed by atoms with Crippen LogP contribution in [0.15, 0.2) is 66.9 Å². The van der Waals surface area contributed by atoms with E-state index in [9.17, 15) is 9.90 Å². The van der Waals surface area contributed by atoms with Crippen LogP contribution in [0.2, 0.25) is 0 Å². The van der Waals surface area contributed by atoms with Crippen LogP contribution in [0.4, 0.5) is 5.69 Å². The van der Waals surface area contributed by atoms with Crippen molar-refractivity contribution < 1.29 is 9.90 Å². The lowest BCUT2D eigenvalue weighted by molar-refractivity contribution is -0.140. The van der Waals surface area contributed by atoms with Gasteiger partial charge in [0.1, 0.15) is 4.83 Å². The molecule has 5 rings (SSSR count). The van der Waals surface area contributed by atoms with Gasteiger partial charge in [0.15, 0.2) is 0 Å². The molecule has 0 bridgehead atoms. The molecule has 138 valence electrons. The zero-order valence-corrected chi connectivity index (χ0v) is 15.9. The van der Waals surface area contributed by atoms with Gasteiger partial charge in [0.2, 0.25) is 0 Å². The van der Waals surface area contributed by atoms with Gasteiger partial charge in [-0.3, -0.25) is 4.79 Å². The maximum Gasteiger partial charge on any atom is 0.314 e. The van der Waals surface area contributed by atoms with Crippen LogP contribution in [0.5, 0.6) is 0 Å². The van der Waals surface area contributed by atoms with Gasteiger partial charge in [0.25, 0.3) is 0 Å². The van der Waals surface area contributed by atoms with Gasteiger partial charge in [0.05, 0.1) is 16.0 Å². The molecular weight excluding hydrogens is 368 g/mol. The lowest BCUT2D eigenvalue weighted by atomic mass is 9.93. The number of carbonyl (C=O) groups is 1. The van der Waals surface area contributed by atoms with Crippen LogP contribution in [-0.2, 0) is 10.2 Å². The third kappa shape index (κ3) is 2.59. The number of aliphatic carboxylic acids is 1. The number of nitrogens with zero attached hydrogens (tertiary/aromatic N) is 1. The molecule has 2 aromatic carbocycles. The second-order valence-corrected chi connectivity index (χ2v) is 8.24. The zero-order chi connectivity index (χ0) is 19.3. The topological polar surface area (TPSA) is 76.2 Å². The Kier molecular flexibility index (Phi) is 3.74. The minimum absolute atomic E-state index is 0.658. The molecule has 0 amide bonds. The highest BCUT2D eigenvalue weighted by molar-refractivity contribution is 7.22. The number of carboxylic acids is 1. The SMILES string of the molecule is Nc1c(-c2ccc(-c3ccc(C4(C(=O)O)CC4)cc3)cc2)sc2ncccc12. The Hall–Kier alpha value is -3.18. The third-order valence-corrected chi connectivity index (χ3v) is 6.76. The van der Waals surface area contributed by atoms with E-state index < -0.39 is 11.4 Å². The summed E-state index contributed by atoms with van der Waals surface area (Å²) in [5, 5.41) is 10.4. The van der Waals surface area contributed by atoms with Gasteiger partial charge in [-0.05, 0) is 47.2 Å². The molecule has 1 aliphatic rings. The predicted octanol–water partition coefficient (Wildman–Crippen LogP) is 5.33. The normalized spacial score (nSPS) is 14.9. The molecule has 0 unspecified atom stereocenters. The van der Waals surface area contributed by atoms with Crippen molar-refractivity contribution in [3.63, 3.8) is 0 Å². The third-order valence-electron chi connectivity index (χ3n) is 5.58. The first-order valence-electron chi connectivity index (χ1n) is 9.16. The molecule has 0 spiro atoms. The number of fused-ring (bicyclic) bond motifs is 1. The molecule has 5 heteroatoms. The number of benzene rings is 2. The number of nitrogen functional groups attached to an aromatic ring is 1. The van der Waals surface area contributed by atoms with Crippen molar-refractivity contribution in [3.05, 3.63) is 72.4 Å². The van der Waals surface area contributed by atoms with E-state index in [2.05, 4.69) is 29.2 Å². The second kappa shape index (κ2) is 6.17. The Balaban J connectivity index is 1.45. The monoisotopic (exact) mass is 386 g/mol. The number of nitrogens with two attached hydrogens (primary N) is 1. The summed E-state index contributed by atoms with van der Waals surface area (Å²) in [6.07, 6.45) is 3.23. The number of carboxylic acid groups (broad SMARTS) is 1. The molecule has 3 N–H and O–H groups in total. The lowest BCUT2D eigenvalue weighted by Crippen LogP contribution is -2.19. The van der Waals surface area contributed by atoms with Crippen LogP contribution in [0.3, 0.4) is 0 Å². The summed E-state index contributed by atoms with van der Waals surface area (Å²) in [5.74, 6) is -0.722. The van der Waals surface area contributed by atoms with Crippen molar-refractivity contribution in [1.29, 1.82) is 0 Å². The van der Waals surface area contributed by atoms with Crippen molar-refractivity contribution in [2.24, 2.45) is 0 Å². The van der Waals surface area contributed by atoms with Gasteiger partial charge < -0.3 is 10.8 Å². The Morgan fingerprint density at radius 1 is 0.964 bits per heavy atom. The molecular formula is C23H18N2O2S. The Labute approximate surface area is 166 Å². The number of thiophene rings is 1.